The van der Waals surface area contributed by atoms with Crippen LogP contribution in [-0.4, -0.2) is 19.1 Å². The molecule has 13 heavy (non-hydrogen) atoms. The standard InChI is InChI=1S/C10H14N2O/c1-7(2)8-5-10(13-4)12-6-9(8)11-3/h5-6,11H,1H2,2-4H3. The van der Waals surface area contributed by atoms with Gasteiger partial charge in [0.15, 0.2) is 0 Å². The zero-order chi connectivity index (χ0) is 9.84. The summed E-state index contributed by atoms with van der Waals surface area (Å²) in [6.45, 7) is 5.84. The topological polar surface area (TPSA) is 34.1 Å². The zero-order valence-corrected chi connectivity index (χ0v) is 8.22. The molecule has 1 aromatic heterocycles. The monoisotopic (exact) mass is 178 g/mol. The van der Waals surface area contributed by atoms with E-state index in [4.69, 9.17) is 4.74 Å². The Balaban J connectivity index is 3.18. The van der Waals surface area contributed by atoms with Gasteiger partial charge in [0.1, 0.15) is 0 Å². The fraction of sp³-hybridized carbons (Fsp3) is 0.300. The molecule has 1 aromatic rings. The number of pyridine rings is 1. The van der Waals surface area contributed by atoms with E-state index in [2.05, 4.69) is 16.9 Å². The first kappa shape index (κ1) is 9.58. The van der Waals surface area contributed by atoms with Gasteiger partial charge in [-0.1, -0.05) is 6.58 Å². The molecule has 0 amide bonds. The first-order valence-corrected chi connectivity index (χ1v) is 4.06. The summed E-state index contributed by atoms with van der Waals surface area (Å²) in [6, 6.07) is 1.87. The van der Waals surface area contributed by atoms with Crippen LogP contribution in [0.4, 0.5) is 5.69 Å². The predicted octanol–water partition coefficient (Wildman–Crippen LogP) is 2.17. The minimum absolute atomic E-state index is 0.608. The molecular formula is C10H14N2O. The maximum atomic E-state index is 5.02. The molecule has 70 valence electrons. The first-order chi connectivity index (χ1) is 6.19. The van der Waals surface area contributed by atoms with E-state index in [-0.39, 0.29) is 0 Å². The Bertz CT molecular complexity index is 321. The van der Waals surface area contributed by atoms with Gasteiger partial charge in [-0.25, -0.2) is 4.98 Å². The van der Waals surface area contributed by atoms with Crippen LogP contribution in [0, 0.1) is 0 Å². The van der Waals surface area contributed by atoms with Crippen LogP contribution in [0.1, 0.15) is 12.5 Å². The molecule has 0 atom stereocenters. The summed E-state index contributed by atoms with van der Waals surface area (Å²) in [5.74, 6) is 0.608. The van der Waals surface area contributed by atoms with Gasteiger partial charge in [-0.05, 0) is 12.5 Å². The van der Waals surface area contributed by atoms with Crippen molar-refractivity contribution in [1.82, 2.24) is 4.98 Å². The van der Waals surface area contributed by atoms with Crippen molar-refractivity contribution in [2.24, 2.45) is 0 Å². The predicted molar refractivity (Wildman–Crippen MR) is 55.0 cm³/mol. The molecule has 0 unspecified atom stereocenters. The largest absolute Gasteiger partial charge is 0.481 e. The molecule has 0 radical (unpaired) electrons. The third-order valence-corrected chi connectivity index (χ3v) is 1.82. The van der Waals surface area contributed by atoms with Crippen LogP contribution in [0.15, 0.2) is 18.8 Å². The summed E-state index contributed by atoms with van der Waals surface area (Å²) in [5.41, 5.74) is 2.99. The number of nitrogens with one attached hydrogen (secondary N) is 1. The van der Waals surface area contributed by atoms with E-state index < -0.39 is 0 Å². The maximum Gasteiger partial charge on any atom is 0.213 e. The molecule has 3 heteroatoms. The number of ether oxygens (including phenoxy) is 1. The van der Waals surface area contributed by atoms with Crippen molar-refractivity contribution in [3.8, 4) is 5.88 Å². The van der Waals surface area contributed by atoms with Crippen LogP contribution in [-0.2, 0) is 0 Å². The van der Waals surface area contributed by atoms with Crippen molar-refractivity contribution in [2.75, 3.05) is 19.5 Å². The Morgan fingerprint density at radius 2 is 2.31 bits per heavy atom. The normalized spacial score (nSPS) is 9.46. The van der Waals surface area contributed by atoms with Gasteiger partial charge in [-0.3, -0.25) is 0 Å². The van der Waals surface area contributed by atoms with E-state index in [1.165, 1.54) is 0 Å². The lowest BCUT2D eigenvalue weighted by Crippen LogP contribution is -1.96. The summed E-state index contributed by atoms with van der Waals surface area (Å²) in [7, 11) is 3.46. The molecule has 1 heterocycles. The number of methoxy groups -OCH3 is 1. The van der Waals surface area contributed by atoms with Crippen LogP contribution < -0.4 is 10.1 Å². The number of rotatable bonds is 3. The average Bonchev–Trinajstić information content (AvgIpc) is 2.16. The third-order valence-electron chi connectivity index (χ3n) is 1.82. The Morgan fingerprint density at radius 3 is 2.77 bits per heavy atom. The van der Waals surface area contributed by atoms with Crippen LogP contribution in [0.3, 0.4) is 0 Å². The summed E-state index contributed by atoms with van der Waals surface area (Å²) >= 11 is 0. The van der Waals surface area contributed by atoms with Gasteiger partial charge < -0.3 is 10.1 Å². The Morgan fingerprint density at radius 1 is 1.62 bits per heavy atom. The van der Waals surface area contributed by atoms with Crippen molar-refractivity contribution in [3.63, 3.8) is 0 Å². The Hall–Kier alpha value is -1.51. The van der Waals surface area contributed by atoms with Crippen molar-refractivity contribution in [3.05, 3.63) is 24.4 Å². The number of anilines is 1. The third kappa shape index (κ3) is 1.99. The zero-order valence-electron chi connectivity index (χ0n) is 8.22. The molecule has 0 bridgehead atoms. The molecule has 0 aromatic carbocycles. The van der Waals surface area contributed by atoms with Gasteiger partial charge in [-0.15, -0.1) is 0 Å². The van der Waals surface area contributed by atoms with Crippen LogP contribution >= 0.6 is 0 Å². The van der Waals surface area contributed by atoms with E-state index in [0.717, 1.165) is 16.8 Å². The van der Waals surface area contributed by atoms with Crippen LogP contribution in [0.25, 0.3) is 5.57 Å². The SMILES string of the molecule is C=C(C)c1cc(OC)ncc1NC. The molecular weight excluding hydrogens is 164 g/mol. The Labute approximate surface area is 78.4 Å². The highest BCUT2D eigenvalue weighted by molar-refractivity contribution is 5.73. The van der Waals surface area contributed by atoms with Gasteiger partial charge in [0.25, 0.3) is 0 Å². The summed E-state index contributed by atoms with van der Waals surface area (Å²) in [6.07, 6.45) is 1.74. The fourth-order valence-electron chi connectivity index (χ4n) is 1.10. The average molecular weight is 178 g/mol. The van der Waals surface area contributed by atoms with Crippen molar-refractivity contribution < 1.29 is 4.74 Å². The molecule has 3 nitrogen and oxygen atoms in total. The van der Waals surface area contributed by atoms with Gasteiger partial charge in [0.2, 0.25) is 5.88 Å². The fourth-order valence-corrected chi connectivity index (χ4v) is 1.10. The van der Waals surface area contributed by atoms with Gasteiger partial charge in [0, 0.05) is 18.7 Å². The van der Waals surface area contributed by atoms with Crippen molar-refractivity contribution in [1.29, 1.82) is 0 Å². The summed E-state index contributed by atoms with van der Waals surface area (Å²) in [4.78, 5) is 4.09. The van der Waals surface area contributed by atoms with Crippen molar-refractivity contribution >= 4 is 11.3 Å². The summed E-state index contributed by atoms with van der Waals surface area (Å²) in [5, 5.41) is 3.05. The van der Waals surface area contributed by atoms with E-state index in [1.54, 1.807) is 13.3 Å². The number of hydrogen-bond acceptors (Lipinski definition) is 3. The van der Waals surface area contributed by atoms with E-state index >= 15 is 0 Å². The second kappa shape index (κ2) is 3.94. The number of aromatic nitrogens is 1. The highest BCUT2D eigenvalue weighted by Gasteiger charge is 2.04. The van der Waals surface area contributed by atoms with Gasteiger partial charge in [0.05, 0.1) is 19.0 Å². The number of nitrogens with zero attached hydrogens (tertiary/aromatic N) is 1. The molecule has 0 spiro atoms. The molecule has 0 saturated heterocycles. The quantitative estimate of drug-likeness (QED) is 0.770. The second-order valence-electron chi connectivity index (χ2n) is 2.80. The second-order valence-corrected chi connectivity index (χ2v) is 2.80. The van der Waals surface area contributed by atoms with E-state index in [9.17, 15) is 0 Å². The molecule has 0 aliphatic carbocycles. The molecule has 1 rings (SSSR count). The molecule has 0 saturated carbocycles. The molecule has 0 fully saturated rings. The smallest absolute Gasteiger partial charge is 0.213 e. The Kier molecular flexibility index (Phi) is 2.90. The van der Waals surface area contributed by atoms with Crippen LogP contribution in [0.5, 0.6) is 5.88 Å². The van der Waals surface area contributed by atoms with Crippen LogP contribution in [0.2, 0.25) is 0 Å². The minimum Gasteiger partial charge on any atom is -0.481 e. The first-order valence-electron chi connectivity index (χ1n) is 4.06. The lowest BCUT2D eigenvalue weighted by atomic mass is 10.1. The molecule has 0 aliphatic rings. The lowest BCUT2D eigenvalue weighted by molar-refractivity contribution is 0.398. The van der Waals surface area contributed by atoms with Gasteiger partial charge >= 0.3 is 0 Å². The van der Waals surface area contributed by atoms with Gasteiger partial charge in [-0.2, -0.15) is 0 Å². The number of hydrogen-bond donors (Lipinski definition) is 1. The highest BCUT2D eigenvalue weighted by Crippen LogP contribution is 2.24. The number of allylic oxidation sites excluding steroid dienone is 1. The van der Waals surface area contributed by atoms with E-state index in [1.807, 2.05) is 20.0 Å². The summed E-state index contributed by atoms with van der Waals surface area (Å²) < 4.78 is 5.02. The minimum atomic E-state index is 0.608. The molecule has 0 aliphatic heterocycles. The molecule has 1 N–H and O–H groups in total. The van der Waals surface area contributed by atoms with Crippen molar-refractivity contribution in [2.45, 2.75) is 6.92 Å². The maximum absolute atomic E-state index is 5.02. The highest BCUT2D eigenvalue weighted by atomic mass is 16.5. The lowest BCUT2D eigenvalue weighted by Gasteiger charge is -2.09. The van der Waals surface area contributed by atoms with E-state index in [0.29, 0.717) is 5.88 Å².